The molecule has 4 aromatic rings. The maximum atomic E-state index is 12.5. The van der Waals surface area contributed by atoms with Crippen molar-refractivity contribution in [2.45, 2.75) is 13.8 Å². The summed E-state index contributed by atoms with van der Waals surface area (Å²) in [5.41, 5.74) is 4.39. The van der Waals surface area contributed by atoms with Gasteiger partial charge < -0.3 is 9.47 Å². The molecule has 0 N–H and O–H groups in total. The highest BCUT2D eigenvalue weighted by molar-refractivity contribution is 6.00. The molecule has 2 aromatic carbocycles. The Labute approximate surface area is 168 Å². The topological polar surface area (TPSA) is 66.2 Å². The Kier molecular flexibility index (Phi) is 4.99. The molecule has 0 unspecified atom stereocenters. The molecule has 0 aliphatic carbocycles. The maximum Gasteiger partial charge on any atom is 0.357 e. The van der Waals surface area contributed by atoms with E-state index in [9.17, 15) is 4.79 Å². The number of carbonyl (C=O) groups excluding carboxylic acids is 1. The van der Waals surface area contributed by atoms with E-state index in [0.29, 0.717) is 5.65 Å². The van der Waals surface area contributed by atoms with Gasteiger partial charge in [-0.25, -0.2) is 14.5 Å². The summed E-state index contributed by atoms with van der Waals surface area (Å²) in [6.07, 6.45) is 0. The van der Waals surface area contributed by atoms with Crippen LogP contribution in [-0.4, -0.2) is 34.5 Å². The second kappa shape index (κ2) is 7.75. The van der Waals surface area contributed by atoms with Crippen LogP contribution in [0.3, 0.4) is 0 Å². The molecule has 6 heteroatoms. The standard InChI is InChI=1S/C23H21N3O3/c1-4-29-23(27)20-14-19(16-10-12-18(28-3)13-11-16)21-15(2)25-26(22(21)24-20)17-8-6-5-7-9-17/h5-14H,4H2,1-3H3. The number of hydrogen-bond acceptors (Lipinski definition) is 5. The summed E-state index contributed by atoms with van der Waals surface area (Å²) >= 11 is 0. The summed E-state index contributed by atoms with van der Waals surface area (Å²) in [4.78, 5) is 17.1. The molecule has 2 aromatic heterocycles. The van der Waals surface area contributed by atoms with Gasteiger partial charge in [0.05, 0.1) is 30.5 Å². The second-order valence-corrected chi connectivity index (χ2v) is 6.54. The highest BCUT2D eigenvalue weighted by Crippen LogP contribution is 2.33. The molecule has 0 saturated heterocycles. The molecule has 0 bridgehead atoms. The molecule has 0 amide bonds. The minimum absolute atomic E-state index is 0.252. The summed E-state index contributed by atoms with van der Waals surface area (Å²) in [5.74, 6) is 0.309. The fraction of sp³-hybridized carbons (Fsp3) is 0.174. The van der Waals surface area contributed by atoms with Crippen molar-refractivity contribution in [2.24, 2.45) is 0 Å². The quantitative estimate of drug-likeness (QED) is 0.469. The van der Waals surface area contributed by atoms with Crippen LogP contribution in [0.4, 0.5) is 0 Å². The van der Waals surface area contributed by atoms with E-state index in [0.717, 1.165) is 33.6 Å². The van der Waals surface area contributed by atoms with Gasteiger partial charge in [-0.1, -0.05) is 30.3 Å². The van der Waals surface area contributed by atoms with Crippen LogP contribution in [0, 0.1) is 6.92 Å². The first-order valence-electron chi connectivity index (χ1n) is 9.39. The molecule has 0 saturated carbocycles. The molecule has 146 valence electrons. The lowest BCUT2D eigenvalue weighted by atomic mass is 10.0. The number of carbonyl (C=O) groups is 1. The summed E-state index contributed by atoms with van der Waals surface area (Å²) in [5, 5.41) is 5.60. The number of methoxy groups -OCH3 is 1. The fourth-order valence-corrected chi connectivity index (χ4v) is 3.35. The zero-order valence-electron chi connectivity index (χ0n) is 16.5. The van der Waals surface area contributed by atoms with E-state index >= 15 is 0 Å². The molecule has 0 atom stereocenters. The van der Waals surface area contributed by atoms with Gasteiger partial charge in [-0.3, -0.25) is 0 Å². The van der Waals surface area contributed by atoms with Gasteiger partial charge in [0.1, 0.15) is 5.75 Å². The van der Waals surface area contributed by atoms with Crippen LogP contribution >= 0.6 is 0 Å². The molecule has 29 heavy (non-hydrogen) atoms. The van der Waals surface area contributed by atoms with E-state index in [1.807, 2.05) is 61.5 Å². The number of pyridine rings is 1. The van der Waals surface area contributed by atoms with Crippen LogP contribution in [-0.2, 0) is 4.74 Å². The normalized spacial score (nSPS) is 10.9. The van der Waals surface area contributed by atoms with Crippen LogP contribution < -0.4 is 4.74 Å². The summed E-state index contributed by atoms with van der Waals surface area (Å²) in [6.45, 7) is 4.01. The Morgan fingerprint density at radius 2 is 1.79 bits per heavy atom. The van der Waals surface area contributed by atoms with Gasteiger partial charge in [0.25, 0.3) is 0 Å². The molecule has 4 rings (SSSR count). The molecule has 6 nitrogen and oxygen atoms in total. The molecule has 0 radical (unpaired) electrons. The van der Waals surface area contributed by atoms with Gasteiger partial charge in [0.2, 0.25) is 0 Å². The van der Waals surface area contributed by atoms with E-state index < -0.39 is 5.97 Å². The Morgan fingerprint density at radius 3 is 2.45 bits per heavy atom. The minimum Gasteiger partial charge on any atom is -0.497 e. The van der Waals surface area contributed by atoms with E-state index in [1.54, 1.807) is 24.8 Å². The average molecular weight is 387 g/mol. The van der Waals surface area contributed by atoms with Crippen molar-refractivity contribution in [2.75, 3.05) is 13.7 Å². The first kappa shape index (κ1) is 18.7. The second-order valence-electron chi connectivity index (χ2n) is 6.54. The number of esters is 1. The average Bonchev–Trinajstić information content (AvgIpc) is 3.10. The molecule has 0 fully saturated rings. The highest BCUT2D eigenvalue weighted by Gasteiger charge is 2.20. The predicted octanol–water partition coefficient (Wildman–Crippen LogP) is 4.58. The van der Waals surface area contributed by atoms with Crippen molar-refractivity contribution in [1.29, 1.82) is 0 Å². The van der Waals surface area contributed by atoms with Crippen molar-refractivity contribution in [3.63, 3.8) is 0 Å². The third-order valence-corrected chi connectivity index (χ3v) is 4.70. The number of nitrogens with zero attached hydrogens (tertiary/aromatic N) is 3. The SMILES string of the molecule is CCOC(=O)c1cc(-c2ccc(OC)cc2)c2c(C)nn(-c3ccccc3)c2n1. The largest absolute Gasteiger partial charge is 0.497 e. The highest BCUT2D eigenvalue weighted by atomic mass is 16.5. The zero-order chi connectivity index (χ0) is 20.4. The number of aromatic nitrogens is 3. The number of hydrogen-bond donors (Lipinski definition) is 0. The Hall–Kier alpha value is -3.67. The molecule has 0 aliphatic rings. The number of ether oxygens (including phenoxy) is 2. The van der Waals surface area contributed by atoms with E-state index in [1.165, 1.54) is 0 Å². The lowest BCUT2D eigenvalue weighted by molar-refractivity contribution is 0.0520. The van der Waals surface area contributed by atoms with Crippen molar-refractivity contribution in [3.8, 4) is 22.6 Å². The lowest BCUT2D eigenvalue weighted by Crippen LogP contribution is -2.09. The van der Waals surface area contributed by atoms with Crippen LogP contribution in [0.5, 0.6) is 5.75 Å². The Morgan fingerprint density at radius 1 is 1.07 bits per heavy atom. The van der Waals surface area contributed by atoms with Crippen LogP contribution in [0.15, 0.2) is 60.7 Å². The monoisotopic (exact) mass is 387 g/mol. The number of para-hydroxylation sites is 1. The lowest BCUT2D eigenvalue weighted by Gasteiger charge is -2.10. The zero-order valence-corrected chi connectivity index (χ0v) is 16.5. The number of benzene rings is 2. The van der Waals surface area contributed by atoms with Crippen molar-refractivity contribution >= 4 is 17.0 Å². The Balaban J connectivity index is 2.00. The van der Waals surface area contributed by atoms with E-state index in [4.69, 9.17) is 14.6 Å². The van der Waals surface area contributed by atoms with Gasteiger partial charge in [-0.2, -0.15) is 5.10 Å². The van der Waals surface area contributed by atoms with Gasteiger partial charge >= 0.3 is 5.97 Å². The first-order valence-corrected chi connectivity index (χ1v) is 9.39. The smallest absolute Gasteiger partial charge is 0.357 e. The third-order valence-electron chi connectivity index (χ3n) is 4.70. The van der Waals surface area contributed by atoms with Gasteiger partial charge in [-0.15, -0.1) is 0 Å². The van der Waals surface area contributed by atoms with Crippen LogP contribution in [0.25, 0.3) is 27.8 Å². The van der Waals surface area contributed by atoms with Crippen LogP contribution in [0.1, 0.15) is 23.1 Å². The number of fused-ring (bicyclic) bond motifs is 1. The first-order chi connectivity index (χ1) is 14.1. The summed E-state index contributed by atoms with van der Waals surface area (Å²) in [7, 11) is 1.63. The summed E-state index contributed by atoms with van der Waals surface area (Å²) in [6, 6.07) is 19.2. The number of rotatable bonds is 5. The van der Waals surface area contributed by atoms with Gasteiger partial charge in [0.15, 0.2) is 11.3 Å². The van der Waals surface area contributed by atoms with E-state index in [2.05, 4.69) is 4.98 Å². The minimum atomic E-state index is -0.456. The van der Waals surface area contributed by atoms with Crippen molar-refractivity contribution in [3.05, 3.63) is 72.1 Å². The Bertz CT molecular complexity index is 1170. The van der Waals surface area contributed by atoms with E-state index in [-0.39, 0.29) is 12.3 Å². The van der Waals surface area contributed by atoms with Crippen molar-refractivity contribution in [1.82, 2.24) is 14.8 Å². The molecular weight excluding hydrogens is 366 g/mol. The van der Waals surface area contributed by atoms with Gasteiger partial charge in [0, 0.05) is 0 Å². The fourth-order valence-electron chi connectivity index (χ4n) is 3.35. The molecule has 2 heterocycles. The molecule has 0 spiro atoms. The van der Waals surface area contributed by atoms with Gasteiger partial charge in [-0.05, 0) is 55.3 Å². The predicted molar refractivity (Wildman–Crippen MR) is 112 cm³/mol. The molecule has 0 aliphatic heterocycles. The van der Waals surface area contributed by atoms with Crippen molar-refractivity contribution < 1.29 is 14.3 Å². The maximum absolute atomic E-state index is 12.5. The third kappa shape index (κ3) is 3.45. The molecular formula is C23H21N3O3. The van der Waals surface area contributed by atoms with Crippen LogP contribution in [0.2, 0.25) is 0 Å². The number of aryl methyl sites for hydroxylation is 1. The summed E-state index contributed by atoms with van der Waals surface area (Å²) < 4.78 is 12.2.